The van der Waals surface area contributed by atoms with Crippen molar-refractivity contribution in [2.75, 3.05) is 6.54 Å². The molecule has 1 aliphatic carbocycles. The average Bonchev–Trinajstić information content (AvgIpc) is 2.26. The molecule has 0 aromatic heterocycles. The minimum atomic E-state index is 0.529. The third-order valence-corrected chi connectivity index (χ3v) is 3.94. The van der Waals surface area contributed by atoms with Crippen molar-refractivity contribution in [2.45, 2.75) is 52.0 Å². The second-order valence-electron chi connectivity index (χ2n) is 5.76. The van der Waals surface area contributed by atoms with Gasteiger partial charge in [0.2, 0.25) is 0 Å². The minimum absolute atomic E-state index is 0.529. The Morgan fingerprint density at radius 3 is 2.17 bits per heavy atom. The molecular formula is C11H21N. The summed E-state index contributed by atoms with van der Waals surface area (Å²) in [6, 6.07) is 0. The molecule has 1 nitrogen and oxygen atoms in total. The molecule has 1 heterocycles. The molecule has 70 valence electrons. The van der Waals surface area contributed by atoms with Crippen LogP contribution in [0.1, 0.15) is 46.5 Å². The van der Waals surface area contributed by atoms with Gasteiger partial charge >= 0.3 is 0 Å². The molecule has 2 fully saturated rings. The molecule has 0 unspecified atom stereocenters. The van der Waals surface area contributed by atoms with Crippen LogP contribution in [0.5, 0.6) is 0 Å². The summed E-state index contributed by atoms with van der Waals surface area (Å²) in [5.41, 5.74) is 1.12. The highest BCUT2D eigenvalue weighted by molar-refractivity contribution is 5.04. The predicted octanol–water partition coefficient (Wildman–Crippen LogP) is 2.56. The molecule has 0 radical (unpaired) electrons. The molecule has 2 rings (SSSR count). The van der Waals surface area contributed by atoms with Crippen LogP contribution in [0.25, 0.3) is 0 Å². The molecule has 0 amide bonds. The molecule has 1 N–H and O–H groups in total. The lowest BCUT2D eigenvalue weighted by Crippen LogP contribution is -2.55. The van der Waals surface area contributed by atoms with Gasteiger partial charge in [0.15, 0.2) is 0 Å². The maximum absolute atomic E-state index is 3.62. The summed E-state index contributed by atoms with van der Waals surface area (Å²) in [5.74, 6) is 0.949. The van der Waals surface area contributed by atoms with Gasteiger partial charge in [-0.3, -0.25) is 0 Å². The fraction of sp³-hybridized carbons (Fsp3) is 1.00. The molecule has 0 aromatic rings. The lowest BCUT2D eigenvalue weighted by Gasteiger charge is -2.41. The summed E-state index contributed by atoms with van der Waals surface area (Å²) in [6.07, 6.45) is 5.72. The summed E-state index contributed by atoms with van der Waals surface area (Å²) in [7, 11) is 0. The Kier molecular flexibility index (Phi) is 1.76. The SMILES string of the molecule is CC(C)(C)[C@@H]1CC[C@@]2(CCN2)C1. The number of rotatable bonds is 0. The van der Waals surface area contributed by atoms with Crippen molar-refractivity contribution in [3.8, 4) is 0 Å². The van der Waals surface area contributed by atoms with Gasteiger partial charge in [-0.05, 0) is 43.6 Å². The van der Waals surface area contributed by atoms with Crippen LogP contribution in [0, 0.1) is 11.3 Å². The van der Waals surface area contributed by atoms with E-state index in [9.17, 15) is 0 Å². The normalized spacial score (nSPS) is 41.8. The van der Waals surface area contributed by atoms with Crippen molar-refractivity contribution in [1.82, 2.24) is 5.32 Å². The van der Waals surface area contributed by atoms with Crippen LogP contribution >= 0.6 is 0 Å². The molecule has 1 aliphatic heterocycles. The van der Waals surface area contributed by atoms with Crippen LogP contribution in [0.4, 0.5) is 0 Å². The number of hydrogen-bond donors (Lipinski definition) is 1. The Balaban J connectivity index is 1.98. The second kappa shape index (κ2) is 2.47. The number of nitrogens with one attached hydrogen (secondary N) is 1. The minimum Gasteiger partial charge on any atom is -0.311 e. The smallest absolute Gasteiger partial charge is 0.0196 e. The van der Waals surface area contributed by atoms with Gasteiger partial charge in [-0.2, -0.15) is 0 Å². The van der Waals surface area contributed by atoms with Crippen LogP contribution in [0.3, 0.4) is 0 Å². The van der Waals surface area contributed by atoms with E-state index < -0.39 is 0 Å². The zero-order valence-electron chi connectivity index (χ0n) is 8.61. The molecule has 1 saturated heterocycles. The average molecular weight is 167 g/mol. The van der Waals surface area contributed by atoms with E-state index in [4.69, 9.17) is 0 Å². The number of hydrogen-bond acceptors (Lipinski definition) is 1. The maximum Gasteiger partial charge on any atom is 0.0196 e. The Labute approximate surface area is 75.9 Å². The van der Waals surface area contributed by atoms with Crippen molar-refractivity contribution >= 4 is 0 Å². The zero-order valence-corrected chi connectivity index (χ0v) is 8.61. The lowest BCUT2D eigenvalue weighted by molar-refractivity contribution is 0.175. The maximum atomic E-state index is 3.62. The zero-order chi connectivity index (χ0) is 8.82. The topological polar surface area (TPSA) is 12.0 Å². The van der Waals surface area contributed by atoms with Crippen LogP contribution in [0.15, 0.2) is 0 Å². The van der Waals surface area contributed by atoms with Gasteiger partial charge in [0.25, 0.3) is 0 Å². The lowest BCUT2D eigenvalue weighted by atomic mass is 9.77. The Hall–Kier alpha value is -0.0400. The van der Waals surface area contributed by atoms with Crippen molar-refractivity contribution in [2.24, 2.45) is 11.3 Å². The fourth-order valence-electron chi connectivity index (χ4n) is 2.73. The highest BCUT2D eigenvalue weighted by Crippen LogP contribution is 2.47. The van der Waals surface area contributed by atoms with Gasteiger partial charge in [-0.15, -0.1) is 0 Å². The first-order valence-corrected chi connectivity index (χ1v) is 5.27. The van der Waals surface area contributed by atoms with Crippen LogP contribution in [0.2, 0.25) is 0 Å². The molecule has 1 spiro atoms. The highest BCUT2D eigenvalue weighted by atomic mass is 15.1. The van der Waals surface area contributed by atoms with Gasteiger partial charge < -0.3 is 5.32 Å². The van der Waals surface area contributed by atoms with Crippen molar-refractivity contribution in [3.63, 3.8) is 0 Å². The Morgan fingerprint density at radius 1 is 1.25 bits per heavy atom. The van der Waals surface area contributed by atoms with Gasteiger partial charge in [0.1, 0.15) is 0 Å². The van der Waals surface area contributed by atoms with E-state index >= 15 is 0 Å². The molecule has 0 bridgehead atoms. The van der Waals surface area contributed by atoms with Gasteiger partial charge in [-0.1, -0.05) is 20.8 Å². The largest absolute Gasteiger partial charge is 0.311 e. The third kappa shape index (κ3) is 1.28. The Morgan fingerprint density at radius 2 is 1.92 bits per heavy atom. The molecule has 0 aromatic carbocycles. The van der Waals surface area contributed by atoms with Gasteiger partial charge in [-0.25, -0.2) is 0 Å². The molecule has 2 aliphatic rings. The van der Waals surface area contributed by atoms with Crippen LogP contribution < -0.4 is 5.32 Å². The van der Waals surface area contributed by atoms with Crippen molar-refractivity contribution in [1.29, 1.82) is 0 Å². The highest BCUT2D eigenvalue weighted by Gasteiger charge is 2.46. The van der Waals surface area contributed by atoms with Gasteiger partial charge in [0.05, 0.1) is 0 Å². The monoisotopic (exact) mass is 167 g/mol. The molecular weight excluding hydrogens is 146 g/mol. The predicted molar refractivity (Wildman–Crippen MR) is 52.1 cm³/mol. The van der Waals surface area contributed by atoms with E-state index in [-0.39, 0.29) is 0 Å². The first-order chi connectivity index (χ1) is 5.52. The second-order valence-corrected chi connectivity index (χ2v) is 5.76. The Bertz CT molecular complexity index is 174. The summed E-state index contributed by atoms with van der Waals surface area (Å²) >= 11 is 0. The van der Waals surface area contributed by atoms with E-state index in [1.54, 1.807) is 0 Å². The van der Waals surface area contributed by atoms with E-state index in [0.29, 0.717) is 11.0 Å². The van der Waals surface area contributed by atoms with E-state index in [2.05, 4.69) is 26.1 Å². The van der Waals surface area contributed by atoms with Crippen molar-refractivity contribution in [3.05, 3.63) is 0 Å². The quantitative estimate of drug-likeness (QED) is 0.584. The van der Waals surface area contributed by atoms with Gasteiger partial charge in [0, 0.05) is 5.54 Å². The van der Waals surface area contributed by atoms with Crippen LogP contribution in [-0.2, 0) is 0 Å². The fourth-order valence-corrected chi connectivity index (χ4v) is 2.73. The molecule has 2 atom stereocenters. The summed E-state index contributed by atoms with van der Waals surface area (Å²) in [5, 5.41) is 3.62. The summed E-state index contributed by atoms with van der Waals surface area (Å²) < 4.78 is 0. The first-order valence-electron chi connectivity index (χ1n) is 5.27. The van der Waals surface area contributed by atoms with Crippen molar-refractivity contribution < 1.29 is 0 Å². The first kappa shape index (κ1) is 8.55. The molecule has 12 heavy (non-hydrogen) atoms. The van der Waals surface area contributed by atoms with Crippen LogP contribution in [-0.4, -0.2) is 12.1 Å². The standard InChI is InChI=1S/C11H21N/c1-10(2,3)9-4-5-11(8-9)6-7-12-11/h9,12H,4-8H2,1-3H3/t9-,11-/m1/s1. The summed E-state index contributed by atoms with van der Waals surface area (Å²) in [6.45, 7) is 8.41. The molecule has 1 heteroatoms. The molecule has 1 saturated carbocycles. The summed E-state index contributed by atoms with van der Waals surface area (Å²) in [4.78, 5) is 0. The third-order valence-electron chi connectivity index (χ3n) is 3.94. The van der Waals surface area contributed by atoms with E-state index in [0.717, 1.165) is 5.92 Å². The van der Waals surface area contributed by atoms with E-state index in [1.165, 1.54) is 32.2 Å². The van der Waals surface area contributed by atoms with E-state index in [1.807, 2.05) is 0 Å².